The molecule has 0 saturated carbocycles. The zero-order valence-corrected chi connectivity index (χ0v) is 15.7. The van der Waals surface area contributed by atoms with Gasteiger partial charge in [0.15, 0.2) is 10.8 Å². The number of rotatable bonds is 4. The maximum absolute atomic E-state index is 13.2. The molecule has 1 N–H and O–H groups in total. The van der Waals surface area contributed by atoms with Crippen molar-refractivity contribution in [1.29, 1.82) is 0 Å². The van der Waals surface area contributed by atoms with Gasteiger partial charge in [0, 0.05) is 42.3 Å². The predicted molar refractivity (Wildman–Crippen MR) is 102 cm³/mol. The van der Waals surface area contributed by atoms with Crippen molar-refractivity contribution >= 4 is 22.2 Å². The van der Waals surface area contributed by atoms with E-state index < -0.39 is 0 Å². The molecule has 1 amide bonds. The number of nitrogens with one attached hydrogen (secondary N) is 1. The maximum Gasteiger partial charge on any atom is 0.226 e. The van der Waals surface area contributed by atoms with Crippen LogP contribution < -0.4 is 5.32 Å². The third-order valence-electron chi connectivity index (χ3n) is 4.90. The lowest BCUT2D eigenvalue weighted by molar-refractivity contribution is -0.121. The Labute approximate surface area is 163 Å². The van der Waals surface area contributed by atoms with Gasteiger partial charge in [-0.25, -0.2) is 9.37 Å². The van der Waals surface area contributed by atoms with Crippen molar-refractivity contribution in [3.63, 3.8) is 0 Å². The van der Waals surface area contributed by atoms with Crippen LogP contribution in [0.4, 0.5) is 4.39 Å². The summed E-state index contributed by atoms with van der Waals surface area (Å²) in [6.07, 6.45) is 5.62. The van der Waals surface area contributed by atoms with Crippen molar-refractivity contribution in [2.24, 2.45) is 0 Å². The second-order valence-electron chi connectivity index (χ2n) is 6.86. The van der Waals surface area contributed by atoms with Crippen LogP contribution in [-0.4, -0.2) is 36.1 Å². The maximum atomic E-state index is 13.2. The lowest BCUT2D eigenvalue weighted by Gasteiger charge is -2.25. The lowest BCUT2D eigenvalue weighted by Crippen LogP contribution is -2.41. The zero-order valence-electron chi connectivity index (χ0n) is 14.9. The van der Waals surface area contributed by atoms with E-state index in [2.05, 4.69) is 20.5 Å². The molecule has 0 bridgehead atoms. The molecule has 0 saturated heterocycles. The normalized spacial score (nSPS) is 16.2. The molecular weight excluding hydrogens is 379 g/mol. The summed E-state index contributed by atoms with van der Waals surface area (Å²) in [7, 11) is 0. The van der Waals surface area contributed by atoms with Crippen LogP contribution in [0.2, 0.25) is 0 Å². The van der Waals surface area contributed by atoms with Gasteiger partial charge < -0.3 is 9.88 Å². The first-order valence-corrected chi connectivity index (χ1v) is 9.92. The van der Waals surface area contributed by atoms with Crippen molar-refractivity contribution in [3.05, 3.63) is 59.4 Å². The molecule has 1 aromatic carbocycles. The lowest BCUT2D eigenvalue weighted by atomic mass is 10.1. The quantitative estimate of drug-likeness (QED) is 0.575. The van der Waals surface area contributed by atoms with E-state index in [0.717, 1.165) is 34.9 Å². The van der Waals surface area contributed by atoms with E-state index in [1.807, 2.05) is 26.7 Å². The number of benzene rings is 1. The molecule has 4 heterocycles. The highest BCUT2D eigenvalue weighted by atomic mass is 32.1. The Morgan fingerprint density at radius 3 is 2.96 bits per heavy atom. The van der Waals surface area contributed by atoms with Crippen LogP contribution in [-0.2, 0) is 24.2 Å². The average molecular weight is 396 g/mol. The highest BCUT2D eigenvalue weighted by molar-refractivity contribution is 7.15. The van der Waals surface area contributed by atoms with E-state index in [9.17, 15) is 9.18 Å². The molecule has 1 aliphatic rings. The zero-order chi connectivity index (χ0) is 19.1. The number of hydrogen-bond donors (Lipinski definition) is 1. The van der Waals surface area contributed by atoms with E-state index >= 15 is 0 Å². The molecule has 1 aliphatic heterocycles. The minimum Gasteiger partial charge on any atom is -0.351 e. The van der Waals surface area contributed by atoms with Gasteiger partial charge in [0.05, 0.1) is 12.1 Å². The summed E-state index contributed by atoms with van der Waals surface area (Å²) in [5.41, 5.74) is 1.57. The van der Waals surface area contributed by atoms with Crippen LogP contribution >= 0.6 is 11.3 Å². The van der Waals surface area contributed by atoms with Gasteiger partial charge in [-0.15, -0.1) is 21.5 Å². The molecule has 9 heteroatoms. The van der Waals surface area contributed by atoms with Crippen LogP contribution in [0.1, 0.15) is 17.9 Å². The Morgan fingerprint density at radius 1 is 1.29 bits per heavy atom. The molecule has 28 heavy (non-hydrogen) atoms. The fraction of sp³-hybridized carbons (Fsp3) is 0.263. The minimum absolute atomic E-state index is 0.000990. The third kappa shape index (κ3) is 3.18. The highest BCUT2D eigenvalue weighted by Gasteiger charge is 2.25. The van der Waals surface area contributed by atoms with Gasteiger partial charge in [0.1, 0.15) is 11.6 Å². The highest BCUT2D eigenvalue weighted by Crippen LogP contribution is 2.23. The second kappa shape index (κ2) is 6.83. The summed E-state index contributed by atoms with van der Waals surface area (Å²) in [4.78, 5) is 17.8. The molecule has 3 aromatic heterocycles. The monoisotopic (exact) mass is 396 g/mol. The summed E-state index contributed by atoms with van der Waals surface area (Å²) < 4.78 is 17.1. The summed E-state index contributed by atoms with van der Waals surface area (Å²) in [6.45, 7) is 0.596. The Bertz CT molecular complexity index is 1120. The Kier molecular flexibility index (Phi) is 4.16. The molecule has 1 atom stereocenters. The summed E-state index contributed by atoms with van der Waals surface area (Å²) >= 11 is 1.54. The van der Waals surface area contributed by atoms with E-state index in [4.69, 9.17) is 0 Å². The number of nitrogens with zero attached hydrogens (tertiary/aromatic N) is 5. The summed E-state index contributed by atoms with van der Waals surface area (Å²) in [5.74, 6) is 1.25. The SMILES string of the molecule is O=C(Cc1cn2ccsc2n1)NC1CCc2nnc(-c3ccc(F)cc3)n2C1. The molecule has 7 nitrogen and oxygen atoms in total. The van der Waals surface area contributed by atoms with Crippen molar-refractivity contribution in [2.75, 3.05) is 0 Å². The number of hydrogen-bond acceptors (Lipinski definition) is 5. The van der Waals surface area contributed by atoms with Gasteiger partial charge in [0.25, 0.3) is 0 Å². The molecule has 0 radical (unpaired) electrons. The van der Waals surface area contributed by atoms with E-state index in [0.29, 0.717) is 12.4 Å². The molecule has 0 spiro atoms. The van der Waals surface area contributed by atoms with E-state index in [1.165, 1.54) is 12.1 Å². The summed E-state index contributed by atoms with van der Waals surface area (Å²) in [5, 5.41) is 13.6. The molecule has 1 unspecified atom stereocenters. The number of imidazole rings is 1. The number of carbonyl (C=O) groups excluding carboxylic acids is 1. The smallest absolute Gasteiger partial charge is 0.226 e. The number of carbonyl (C=O) groups is 1. The Balaban J connectivity index is 1.28. The average Bonchev–Trinajstić information content (AvgIpc) is 3.37. The van der Waals surface area contributed by atoms with Gasteiger partial charge in [-0.2, -0.15) is 0 Å². The van der Waals surface area contributed by atoms with Crippen molar-refractivity contribution in [2.45, 2.75) is 31.8 Å². The fourth-order valence-electron chi connectivity index (χ4n) is 3.56. The fourth-order valence-corrected chi connectivity index (χ4v) is 4.28. The van der Waals surface area contributed by atoms with Gasteiger partial charge in [-0.3, -0.25) is 9.20 Å². The standard InChI is InChI=1S/C19H17FN6OS/c20-13-3-1-12(2-4-13)18-24-23-16-6-5-14(11-26(16)18)21-17(27)9-15-10-25-7-8-28-19(25)22-15/h1-4,7-8,10,14H,5-6,9,11H2,(H,21,27). The third-order valence-corrected chi connectivity index (χ3v) is 5.67. The molecule has 5 rings (SSSR count). The molecule has 0 fully saturated rings. The van der Waals surface area contributed by atoms with E-state index in [1.54, 1.807) is 23.5 Å². The number of fused-ring (bicyclic) bond motifs is 2. The number of aryl methyl sites for hydroxylation is 1. The Morgan fingerprint density at radius 2 is 2.14 bits per heavy atom. The number of halogens is 1. The van der Waals surface area contributed by atoms with Gasteiger partial charge in [-0.05, 0) is 30.7 Å². The number of aromatic nitrogens is 5. The number of amides is 1. The summed E-state index contributed by atoms with van der Waals surface area (Å²) in [6, 6.07) is 6.21. The van der Waals surface area contributed by atoms with Crippen molar-refractivity contribution < 1.29 is 9.18 Å². The largest absolute Gasteiger partial charge is 0.351 e. The molecule has 4 aromatic rings. The molecule has 142 valence electrons. The predicted octanol–water partition coefficient (Wildman–Crippen LogP) is 2.47. The molecular formula is C19H17FN6OS. The van der Waals surface area contributed by atoms with Crippen LogP contribution in [0, 0.1) is 5.82 Å². The van der Waals surface area contributed by atoms with Crippen LogP contribution in [0.5, 0.6) is 0 Å². The van der Waals surface area contributed by atoms with Crippen molar-refractivity contribution in [3.8, 4) is 11.4 Å². The van der Waals surface area contributed by atoms with E-state index in [-0.39, 0.29) is 24.2 Å². The number of thiazole rings is 1. The van der Waals surface area contributed by atoms with Crippen LogP contribution in [0.25, 0.3) is 16.3 Å². The first-order chi connectivity index (χ1) is 13.7. The van der Waals surface area contributed by atoms with Gasteiger partial charge >= 0.3 is 0 Å². The van der Waals surface area contributed by atoms with Crippen LogP contribution in [0.15, 0.2) is 42.0 Å². The van der Waals surface area contributed by atoms with Gasteiger partial charge in [-0.1, -0.05) is 0 Å². The molecule has 0 aliphatic carbocycles. The minimum atomic E-state index is -0.286. The topological polar surface area (TPSA) is 77.1 Å². The van der Waals surface area contributed by atoms with Gasteiger partial charge in [0.2, 0.25) is 5.91 Å². The first-order valence-electron chi connectivity index (χ1n) is 9.04. The van der Waals surface area contributed by atoms with Crippen LogP contribution in [0.3, 0.4) is 0 Å². The van der Waals surface area contributed by atoms with Crippen molar-refractivity contribution in [1.82, 2.24) is 29.5 Å². The Hall–Kier alpha value is -3.07. The second-order valence-corrected chi connectivity index (χ2v) is 7.74. The first kappa shape index (κ1) is 17.1.